The largest absolute Gasteiger partial charge is 0.0842 e. The fourth-order valence-corrected chi connectivity index (χ4v) is 4.68. The van der Waals surface area contributed by atoms with Crippen LogP contribution < -0.4 is 0 Å². The Labute approximate surface area is 150 Å². The molecule has 0 aromatic heterocycles. The number of benzene rings is 1. The number of aryl methyl sites for hydroxylation is 1. The highest BCUT2D eigenvalue weighted by molar-refractivity contribution is 5.75. The molecule has 0 N–H and O–H groups in total. The molecule has 0 fully saturated rings. The molecule has 2 unspecified atom stereocenters. The highest BCUT2D eigenvalue weighted by atomic mass is 14.5. The molecule has 0 heteroatoms. The van der Waals surface area contributed by atoms with E-state index >= 15 is 0 Å². The van der Waals surface area contributed by atoms with Crippen molar-refractivity contribution >= 4 is 5.57 Å². The molecule has 0 amide bonds. The second-order valence-corrected chi connectivity index (χ2v) is 7.89. The summed E-state index contributed by atoms with van der Waals surface area (Å²) in [5.41, 5.74) is 6.54. The molecule has 0 bridgehead atoms. The van der Waals surface area contributed by atoms with Crippen molar-refractivity contribution in [2.24, 2.45) is 10.8 Å². The molecule has 1 aliphatic carbocycles. The van der Waals surface area contributed by atoms with Crippen molar-refractivity contribution in [3.63, 3.8) is 0 Å². The van der Waals surface area contributed by atoms with E-state index in [4.69, 9.17) is 0 Å². The van der Waals surface area contributed by atoms with Crippen LogP contribution in [0.15, 0.2) is 42.0 Å². The van der Waals surface area contributed by atoms with Gasteiger partial charge in [0.15, 0.2) is 0 Å². The van der Waals surface area contributed by atoms with Crippen LogP contribution in [0.2, 0.25) is 0 Å². The Kier molecular flexibility index (Phi) is 6.12. The van der Waals surface area contributed by atoms with Gasteiger partial charge in [-0.25, -0.2) is 0 Å². The molecule has 0 aliphatic heterocycles. The lowest BCUT2D eigenvalue weighted by Crippen LogP contribution is -2.35. The van der Waals surface area contributed by atoms with Gasteiger partial charge in [0.25, 0.3) is 0 Å². The number of rotatable bonds is 6. The SMILES string of the molecule is CC/C=C1\C(C)(CCC)CC=C(c2ccc(CC)cc2)C1(C)CC. The van der Waals surface area contributed by atoms with Gasteiger partial charge in [-0.15, -0.1) is 0 Å². The third kappa shape index (κ3) is 3.39. The normalized spacial score (nSPS) is 28.9. The average Bonchev–Trinajstić information content (AvgIpc) is 2.59. The molecule has 0 radical (unpaired) electrons. The maximum absolute atomic E-state index is 2.55. The molecule has 24 heavy (non-hydrogen) atoms. The maximum atomic E-state index is 2.55. The van der Waals surface area contributed by atoms with E-state index < -0.39 is 0 Å². The molecule has 0 saturated carbocycles. The van der Waals surface area contributed by atoms with Gasteiger partial charge in [0, 0.05) is 5.41 Å². The predicted octanol–water partition coefficient (Wildman–Crippen LogP) is 7.60. The van der Waals surface area contributed by atoms with Gasteiger partial charge < -0.3 is 0 Å². The second-order valence-electron chi connectivity index (χ2n) is 7.89. The smallest absolute Gasteiger partial charge is 0.0139 e. The summed E-state index contributed by atoms with van der Waals surface area (Å²) in [6.45, 7) is 14.1. The Balaban J connectivity index is 2.55. The zero-order chi connectivity index (χ0) is 17.8. The lowest BCUT2D eigenvalue weighted by molar-refractivity contribution is 0.280. The van der Waals surface area contributed by atoms with Gasteiger partial charge in [0.1, 0.15) is 0 Å². The summed E-state index contributed by atoms with van der Waals surface area (Å²) in [5.74, 6) is 0. The molecule has 1 aromatic rings. The van der Waals surface area contributed by atoms with Crippen LogP contribution in [0.25, 0.3) is 5.57 Å². The van der Waals surface area contributed by atoms with E-state index in [-0.39, 0.29) is 5.41 Å². The van der Waals surface area contributed by atoms with Crippen molar-refractivity contribution in [3.05, 3.63) is 53.1 Å². The van der Waals surface area contributed by atoms with Crippen molar-refractivity contribution in [2.45, 2.75) is 80.1 Å². The summed E-state index contributed by atoms with van der Waals surface area (Å²) in [5, 5.41) is 0. The van der Waals surface area contributed by atoms with E-state index in [1.807, 2.05) is 0 Å². The standard InChI is InChI=1S/C24H36/c1-7-11-22-23(5,17-8-2)18-16-21(24(22,6)10-4)20-14-12-19(9-3)13-15-20/h11-16H,7-10,17-18H2,1-6H3/b22-11+. The maximum Gasteiger partial charge on any atom is 0.0139 e. The fourth-order valence-electron chi connectivity index (χ4n) is 4.68. The van der Waals surface area contributed by atoms with Crippen LogP contribution in [-0.4, -0.2) is 0 Å². The number of allylic oxidation sites excluding steroid dienone is 4. The Bertz CT molecular complexity index is 601. The van der Waals surface area contributed by atoms with Gasteiger partial charge in [0.2, 0.25) is 0 Å². The summed E-state index contributed by atoms with van der Waals surface area (Å²) >= 11 is 0. The van der Waals surface area contributed by atoms with E-state index in [2.05, 4.69) is 78.0 Å². The minimum atomic E-state index is 0.159. The van der Waals surface area contributed by atoms with Gasteiger partial charge >= 0.3 is 0 Å². The molecule has 2 atom stereocenters. The van der Waals surface area contributed by atoms with Crippen LogP contribution in [0.5, 0.6) is 0 Å². The van der Waals surface area contributed by atoms with Gasteiger partial charge in [-0.1, -0.05) is 90.0 Å². The lowest BCUT2D eigenvalue weighted by Gasteiger charge is -2.48. The molecule has 0 nitrogen and oxygen atoms in total. The predicted molar refractivity (Wildman–Crippen MR) is 108 cm³/mol. The summed E-state index contributed by atoms with van der Waals surface area (Å²) in [6, 6.07) is 9.28. The Morgan fingerprint density at radius 3 is 2.17 bits per heavy atom. The monoisotopic (exact) mass is 324 g/mol. The zero-order valence-corrected chi connectivity index (χ0v) is 16.7. The van der Waals surface area contributed by atoms with Crippen molar-refractivity contribution in [1.82, 2.24) is 0 Å². The molecule has 0 spiro atoms. The second kappa shape index (κ2) is 7.72. The molecular formula is C24H36. The van der Waals surface area contributed by atoms with E-state index in [0.29, 0.717) is 5.41 Å². The average molecular weight is 325 g/mol. The van der Waals surface area contributed by atoms with Crippen LogP contribution in [-0.2, 0) is 6.42 Å². The van der Waals surface area contributed by atoms with E-state index in [1.165, 1.54) is 36.8 Å². The summed E-state index contributed by atoms with van der Waals surface area (Å²) in [4.78, 5) is 0. The zero-order valence-electron chi connectivity index (χ0n) is 16.7. The molecule has 132 valence electrons. The number of hydrogen-bond acceptors (Lipinski definition) is 0. The third-order valence-corrected chi connectivity index (χ3v) is 6.19. The molecule has 0 saturated heterocycles. The first-order chi connectivity index (χ1) is 11.4. The highest BCUT2D eigenvalue weighted by Gasteiger charge is 2.44. The molecule has 1 aromatic carbocycles. The molecule has 1 aliphatic rings. The van der Waals surface area contributed by atoms with Crippen molar-refractivity contribution < 1.29 is 0 Å². The Morgan fingerprint density at radius 2 is 1.67 bits per heavy atom. The van der Waals surface area contributed by atoms with Gasteiger partial charge in [0.05, 0.1) is 0 Å². The summed E-state index contributed by atoms with van der Waals surface area (Å²) in [7, 11) is 0. The van der Waals surface area contributed by atoms with Crippen molar-refractivity contribution in [1.29, 1.82) is 0 Å². The topological polar surface area (TPSA) is 0 Å². The first kappa shape index (κ1) is 19.0. The van der Waals surface area contributed by atoms with Gasteiger partial charge in [-0.3, -0.25) is 0 Å². The van der Waals surface area contributed by atoms with Gasteiger partial charge in [-0.05, 0) is 54.2 Å². The van der Waals surface area contributed by atoms with Crippen LogP contribution in [0.4, 0.5) is 0 Å². The third-order valence-electron chi connectivity index (χ3n) is 6.19. The molecule has 2 rings (SSSR count). The van der Waals surface area contributed by atoms with E-state index in [1.54, 1.807) is 11.1 Å². The fraction of sp³-hybridized carbons (Fsp3) is 0.583. The minimum absolute atomic E-state index is 0.159. The van der Waals surface area contributed by atoms with E-state index in [9.17, 15) is 0 Å². The first-order valence-corrected chi connectivity index (χ1v) is 9.96. The summed E-state index contributed by atoms with van der Waals surface area (Å²) < 4.78 is 0. The highest BCUT2D eigenvalue weighted by Crippen LogP contribution is 2.57. The van der Waals surface area contributed by atoms with Crippen LogP contribution in [0.1, 0.15) is 84.8 Å². The number of hydrogen-bond donors (Lipinski definition) is 0. The Morgan fingerprint density at radius 1 is 1.00 bits per heavy atom. The van der Waals surface area contributed by atoms with Crippen LogP contribution in [0, 0.1) is 10.8 Å². The van der Waals surface area contributed by atoms with Crippen molar-refractivity contribution in [3.8, 4) is 0 Å². The van der Waals surface area contributed by atoms with Crippen LogP contribution in [0.3, 0.4) is 0 Å². The van der Waals surface area contributed by atoms with E-state index in [0.717, 1.165) is 12.8 Å². The molecule has 0 heterocycles. The quantitative estimate of drug-likeness (QED) is 0.473. The first-order valence-electron chi connectivity index (χ1n) is 9.96. The lowest BCUT2D eigenvalue weighted by atomic mass is 9.56. The minimum Gasteiger partial charge on any atom is -0.0842 e. The molecular weight excluding hydrogens is 288 g/mol. The Hall–Kier alpha value is -1.30. The van der Waals surface area contributed by atoms with Gasteiger partial charge in [-0.2, -0.15) is 0 Å². The summed E-state index contributed by atoms with van der Waals surface area (Å²) in [6.07, 6.45) is 12.2. The van der Waals surface area contributed by atoms with Crippen LogP contribution >= 0.6 is 0 Å². The van der Waals surface area contributed by atoms with Crippen molar-refractivity contribution in [2.75, 3.05) is 0 Å².